The van der Waals surface area contributed by atoms with E-state index >= 15 is 0 Å². The number of thiocarbonyl (C=S) groups is 1. The highest BCUT2D eigenvalue weighted by atomic mass is 32.1. The molecule has 3 rings (SSSR count). The fourth-order valence-electron chi connectivity index (χ4n) is 2.61. The predicted octanol–water partition coefficient (Wildman–Crippen LogP) is 2.22. The molecule has 0 aliphatic heterocycles. The Balaban J connectivity index is 1.31. The van der Waals surface area contributed by atoms with Gasteiger partial charge in [-0.05, 0) is 60.6 Å². The number of carbonyl (C=O) groups is 1. The Hall–Kier alpha value is -3.44. The third-order valence-electron chi connectivity index (χ3n) is 4.08. The molecule has 0 saturated heterocycles. The van der Waals surface area contributed by atoms with Crippen molar-refractivity contribution in [1.82, 2.24) is 25.9 Å². The molecule has 0 saturated carbocycles. The van der Waals surface area contributed by atoms with Gasteiger partial charge in [-0.25, -0.2) is 9.37 Å². The van der Waals surface area contributed by atoms with Crippen molar-refractivity contribution in [2.75, 3.05) is 13.1 Å². The van der Waals surface area contributed by atoms with Crippen LogP contribution < -0.4 is 16.0 Å². The second-order valence-electron chi connectivity index (χ2n) is 6.19. The largest absolute Gasteiger partial charge is 0.363 e. The van der Waals surface area contributed by atoms with E-state index in [1.807, 2.05) is 18.3 Å². The van der Waals surface area contributed by atoms with Crippen LogP contribution in [0.4, 0.5) is 4.39 Å². The second-order valence-corrected chi connectivity index (χ2v) is 6.59. The van der Waals surface area contributed by atoms with Crippen molar-refractivity contribution in [3.8, 4) is 11.8 Å². The molecule has 6 nitrogen and oxygen atoms in total. The zero-order valence-corrected chi connectivity index (χ0v) is 16.4. The highest BCUT2D eigenvalue weighted by Crippen LogP contribution is 2.14. The van der Waals surface area contributed by atoms with Gasteiger partial charge in [0.1, 0.15) is 11.5 Å². The van der Waals surface area contributed by atoms with E-state index in [9.17, 15) is 9.18 Å². The van der Waals surface area contributed by atoms with Crippen LogP contribution in [0.5, 0.6) is 0 Å². The number of aromatic amines is 1. The first kappa shape index (κ1) is 20.3. The van der Waals surface area contributed by atoms with Crippen molar-refractivity contribution in [2.24, 2.45) is 0 Å². The number of halogens is 1. The van der Waals surface area contributed by atoms with Gasteiger partial charge in [0.05, 0.1) is 0 Å². The highest BCUT2D eigenvalue weighted by molar-refractivity contribution is 7.80. The number of amides is 1. The lowest BCUT2D eigenvalue weighted by Gasteiger charge is -2.11. The fourth-order valence-corrected chi connectivity index (χ4v) is 2.78. The van der Waals surface area contributed by atoms with Gasteiger partial charge in [0, 0.05) is 48.9 Å². The molecule has 3 aromatic rings. The van der Waals surface area contributed by atoms with Crippen LogP contribution in [0.2, 0.25) is 0 Å². The summed E-state index contributed by atoms with van der Waals surface area (Å²) >= 11 is 5.28. The number of hydrogen-bond donors (Lipinski definition) is 4. The molecule has 148 valence electrons. The molecule has 29 heavy (non-hydrogen) atoms. The Morgan fingerprint density at radius 1 is 1.10 bits per heavy atom. The van der Waals surface area contributed by atoms with Crippen LogP contribution in [0.3, 0.4) is 0 Å². The number of hydrogen-bond acceptors (Lipinski definition) is 3. The summed E-state index contributed by atoms with van der Waals surface area (Å²) in [5.41, 5.74) is 2.54. The minimum absolute atomic E-state index is 0.335. The SMILES string of the molecule is O=C(C#Cc1ccc(F)cc1)NCCCNC(=S)NCc1ccnc2[nH]ccc12. The van der Waals surface area contributed by atoms with E-state index in [-0.39, 0.29) is 11.7 Å². The third-order valence-corrected chi connectivity index (χ3v) is 4.37. The Labute approximate surface area is 173 Å². The molecular formula is C21H20FN5OS. The maximum absolute atomic E-state index is 12.8. The van der Waals surface area contributed by atoms with Crippen LogP contribution >= 0.6 is 12.2 Å². The van der Waals surface area contributed by atoms with Gasteiger partial charge in [0.2, 0.25) is 0 Å². The first-order valence-corrected chi connectivity index (χ1v) is 9.51. The van der Waals surface area contributed by atoms with E-state index < -0.39 is 0 Å². The summed E-state index contributed by atoms with van der Waals surface area (Å²) in [6.07, 6.45) is 4.31. The molecule has 0 bridgehead atoms. The molecule has 0 fully saturated rings. The van der Waals surface area contributed by atoms with Crippen LogP contribution in [-0.4, -0.2) is 34.1 Å². The van der Waals surface area contributed by atoms with Gasteiger partial charge in [0.15, 0.2) is 5.11 Å². The summed E-state index contributed by atoms with van der Waals surface area (Å²) in [6.45, 7) is 1.69. The minimum atomic E-state index is -0.372. The molecule has 0 unspecified atom stereocenters. The Bertz CT molecular complexity index is 1050. The van der Waals surface area contributed by atoms with Crippen molar-refractivity contribution in [3.63, 3.8) is 0 Å². The normalized spacial score (nSPS) is 10.1. The standard InChI is InChI=1S/C21H20FN5OS/c22-17-5-2-15(3-6-17)4-7-19(28)23-10-1-11-26-21(29)27-14-16-8-12-24-20-18(16)9-13-25-20/h2-3,5-6,8-9,12-13H,1,10-11,14H2,(H,23,28)(H,24,25)(H2,26,27,29). The molecular weight excluding hydrogens is 389 g/mol. The van der Waals surface area contributed by atoms with Crippen LogP contribution in [0.15, 0.2) is 48.8 Å². The van der Waals surface area contributed by atoms with Gasteiger partial charge in [-0.3, -0.25) is 4.79 Å². The zero-order chi connectivity index (χ0) is 20.5. The summed E-state index contributed by atoms with van der Waals surface area (Å²) in [7, 11) is 0. The predicted molar refractivity (Wildman–Crippen MR) is 114 cm³/mol. The van der Waals surface area contributed by atoms with E-state index in [2.05, 4.69) is 37.8 Å². The van der Waals surface area contributed by atoms with Gasteiger partial charge < -0.3 is 20.9 Å². The fraction of sp³-hybridized carbons (Fsp3) is 0.190. The second kappa shape index (κ2) is 10.2. The summed E-state index contributed by atoms with van der Waals surface area (Å²) in [5, 5.41) is 10.6. The summed E-state index contributed by atoms with van der Waals surface area (Å²) in [4.78, 5) is 19.0. The number of pyridine rings is 1. The minimum Gasteiger partial charge on any atom is -0.363 e. The summed E-state index contributed by atoms with van der Waals surface area (Å²) in [6, 6.07) is 9.60. The van der Waals surface area contributed by atoms with Gasteiger partial charge in [-0.2, -0.15) is 0 Å². The van der Waals surface area contributed by atoms with E-state index in [0.29, 0.717) is 36.7 Å². The van der Waals surface area contributed by atoms with Crippen LogP contribution in [0.25, 0.3) is 11.0 Å². The number of nitrogens with one attached hydrogen (secondary N) is 4. The number of aromatic nitrogens is 2. The number of H-pyrrole nitrogens is 1. The quantitative estimate of drug-likeness (QED) is 0.285. The van der Waals surface area contributed by atoms with Crippen molar-refractivity contribution < 1.29 is 9.18 Å². The highest BCUT2D eigenvalue weighted by Gasteiger charge is 2.03. The molecule has 0 spiro atoms. The lowest BCUT2D eigenvalue weighted by molar-refractivity contribution is -0.115. The molecule has 0 radical (unpaired) electrons. The van der Waals surface area contributed by atoms with Gasteiger partial charge >= 0.3 is 0 Å². The van der Waals surface area contributed by atoms with E-state index in [0.717, 1.165) is 16.6 Å². The molecule has 0 aliphatic rings. The molecule has 0 atom stereocenters. The van der Waals surface area contributed by atoms with Gasteiger partial charge in [0.25, 0.3) is 5.91 Å². The first-order valence-electron chi connectivity index (χ1n) is 9.10. The van der Waals surface area contributed by atoms with E-state index in [1.54, 1.807) is 6.20 Å². The lowest BCUT2D eigenvalue weighted by Crippen LogP contribution is -2.36. The van der Waals surface area contributed by atoms with E-state index in [4.69, 9.17) is 12.2 Å². The molecule has 1 amide bonds. The van der Waals surface area contributed by atoms with Crippen molar-refractivity contribution in [3.05, 3.63) is 65.7 Å². The zero-order valence-electron chi connectivity index (χ0n) is 15.6. The third kappa shape index (κ3) is 6.30. The van der Waals surface area contributed by atoms with Crippen molar-refractivity contribution >= 4 is 34.3 Å². The van der Waals surface area contributed by atoms with Gasteiger partial charge in [-0.1, -0.05) is 5.92 Å². The Kier molecular flexibility index (Phi) is 7.14. The van der Waals surface area contributed by atoms with E-state index in [1.165, 1.54) is 24.3 Å². The van der Waals surface area contributed by atoms with Crippen LogP contribution in [0.1, 0.15) is 17.5 Å². The van der Waals surface area contributed by atoms with Gasteiger partial charge in [-0.15, -0.1) is 0 Å². The van der Waals surface area contributed by atoms with Crippen molar-refractivity contribution in [2.45, 2.75) is 13.0 Å². The van der Waals surface area contributed by atoms with Crippen molar-refractivity contribution in [1.29, 1.82) is 0 Å². The number of fused-ring (bicyclic) bond motifs is 1. The molecule has 2 aromatic heterocycles. The maximum Gasteiger partial charge on any atom is 0.296 e. The lowest BCUT2D eigenvalue weighted by atomic mass is 10.2. The summed E-state index contributed by atoms with van der Waals surface area (Å²) < 4.78 is 12.8. The number of benzene rings is 1. The number of nitrogens with zero attached hydrogens (tertiary/aromatic N) is 1. The molecule has 2 heterocycles. The molecule has 1 aromatic carbocycles. The Morgan fingerprint density at radius 2 is 1.90 bits per heavy atom. The summed E-state index contributed by atoms with van der Waals surface area (Å²) in [5.74, 6) is 4.47. The first-order chi connectivity index (χ1) is 14.1. The maximum atomic E-state index is 12.8. The molecule has 0 aliphatic carbocycles. The molecule has 8 heteroatoms. The average Bonchev–Trinajstić information content (AvgIpc) is 3.21. The number of rotatable bonds is 6. The monoisotopic (exact) mass is 409 g/mol. The van der Waals surface area contributed by atoms with Crippen LogP contribution in [-0.2, 0) is 11.3 Å². The average molecular weight is 409 g/mol. The number of carbonyl (C=O) groups excluding carboxylic acids is 1. The Morgan fingerprint density at radius 3 is 2.72 bits per heavy atom. The topological polar surface area (TPSA) is 81.8 Å². The smallest absolute Gasteiger partial charge is 0.296 e. The molecule has 4 N–H and O–H groups in total. The van der Waals surface area contributed by atoms with Crippen LogP contribution in [0, 0.1) is 17.7 Å².